The maximum Gasteiger partial charge on any atom is 0.227 e. The van der Waals surface area contributed by atoms with E-state index >= 15 is 0 Å². The summed E-state index contributed by atoms with van der Waals surface area (Å²) in [7, 11) is -0.831. The minimum Gasteiger partial charge on any atom is -0.356 e. The zero-order chi connectivity index (χ0) is 14.9. The molecule has 0 aliphatic heterocycles. The Hall–Kier alpha value is -0.420. The van der Waals surface area contributed by atoms with Gasteiger partial charge in [-0.3, -0.25) is 9.00 Å². The molecule has 0 heterocycles. The standard InChI is InChI=1S/C14H30N2O2S/c1-5-8-14(11-15,9-6-2)13(17)16-10-7-12(3)19(4)18/h12H,5-11,15H2,1-4H3,(H,16,17). The van der Waals surface area contributed by atoms with Crippen molar-refractivity contribution in [2.45, 2.75) is 58.1 Å². The molecule has 0 aromatic heterocycles. The van der Waals surface area contributed by atoms with Crippen molar-refractivity contribution in [3.05, 3.63) is 0 Å². The largest absolute Gasteiger partial charge is 0.356 e. The van der Waals surface area contributed by atoms with Crippen molar-refractivity contribution >= 4 is 16.7 Å². The third-order valence-electron chi connectivity index (χ3n) is 3.73. The van der Waals surface area contributed by atoms with Gasteiger partial charge in [-0.25, -0.2) is 0 Å². The summed E-state index contributed by atoms with van der Waals surface area (Å²) >= 11 is 0. The zero-order valence-electron chi connectivity index (χ0n) is 12.8. The van der Waals surface area contributed by atoms with Gasteiger partial charge in [-0.05, 0) is 19.3 Å². The van der Waals surface area contributed by atoms with Gasteiger partial charge in [0.15, 0.2) is 0 Å². The molecular formula is C14H30N2O2S. The lowest BCUT2D eigenvalue weighted by molar-refractivity contribution is -0.131. The molecule has 0 saturated carbocycles. The van der Waals surface area contributed by atoms with E-state index in [0.29, 0.717) is 13.1 Å². The quantitative estimate of drug-likeness (QED) is 0.644. The van der Waals surface area contributed by atoms with E-state index in [1.807, 2.05) is 6.92 Å². The fraction of sp³-hybridized carbons (Fsp3) is 0.929. The molecule has 0 radical (unpaired) electrons. The Labute approximate surface area is 120 Å². The first-order valence-corrected chi connectivity index (χ1v) is 8.86. The SMILES string of the molecule is CCCC(CN)(CCC)C(=O)NCCC(C)S(C)=O. The van der Waals surface area contributed by atoms with Crippen LogP contribution in [-0.4, -0.2) is 34.7 Å². The van der Waals surface area contributed by atoms with Crippen LogP contribution in [0.1, 0.15) is 52.9 Å². The molecule has 19 heavy (non-hydrogen) atoms. The maximum absolute atomic E-state index is 12.4. The van der Waals surface area contributed by atoms with Crippen LogP contribution in [0.3, 0.4) is 0 Å². The van der Waals surface area contributed by atoms with E-state index in [1.54, 1.807) is 6.26 Å². The van der Waals surface area contributed by atoms with E-state index in [2.05, 4.69) is 19.2 Å². The summed E-state index contributed by atoms with van der Waals surface area (Å²) in [4.78, 5) is 12.4. The van der Waals surface area contributed by atoms with Crippen molar-refractivity contribution in [2.24, 2.45) is 11.1 Å². The number of nitrogens with one attached hydrogen (secondary N) is 1. The lowest BCUT2D eigenvalue weighted by Crippen LogP contribution is -2.46. The summed E-state index contributed by atoms with van der Waals surface area (Å²) in [6, 6.07) is 0. The van der Waals surface area contributed by atoms with Crippen LogP contribution in [0.15, 0.2) is 0 Å². The lowest BCUT2D eigenvalue weighted by Gasteiger charge is -2.30. The summed E-state index contributed by atoms with van der Waals surface area (Å²) in [5, 5.41) is 3.09. The van der Waals surface area contributed by atoms with Gasteiger partial charge in [0, 0.05) is 35.4 Å². The van der Waals surface area contributed by atoms with Crippen molar-refractivity contribution in [2.75, 3.05) is 19.3 Å². The Kier molecular flexibility index (Phi) is 9.27. The van der Waals surface area contributed by atoms with Gasteiger partial charge in [0.1, 0.15) is 0 Å². The Bertz CT molecular complexity index is 289. The minimum absolute atomic E-state index is 0.0628. The molecule has 0 aliphatic rings. The topological polar surface area (TPSA) is 72.2 Å². The maximum atomic E-state index is 12.4. The Morgan fingerprint density at radius 2 is 1.84 bits per heavy atom. The third-order valence-corrected chi connectivity index (χ3v) is 5.10. The molecule has 2 unspecified atom stereocenters. The molecule has 0 aromatic rings. The number of nitrogens with two attached hydrogens (primary N) is 1. The predicted octanol–water partition coefficient (Wildman–Crippen LogP) is 1.81. The second-order valence-electron chi connectivity index (χ2n) is 5.34. The highest BCUT2D eigenvalue weighted by Gasteiger charge is 2.34. The fourth-order valence-corrected chi connectivity index (χ4v) is 2.80. The highest BCUT2D eigenvalue weighted by Crippen LogP contribution is 2.29. The number of hydrogen-bond acceptors (Lipinski definition) is 3. The highest BCUT2D eigenvalue weighted by atomic mass is 32.2. The molecule has 2 atom stereocenters. The zero-order valence-corrected chi connectivity index (χ0v) is 13.6. The van der Waals surface area contributed by atoms with Crippen LogP contribution >= 0.6 is 0 Å². The van der Waals surface area contributed by atoms with Crippen LogP contribution in [-0.2, 0) is 15.6 Å². The summed E-state index contributed by atoms with van der Waals surface area (Å²) in [6.45, 7) is 7.08. The summed E-state index contributed by atoms with van der Waals surface area (Å²) in [6.07, 6.45) is 6.02. The van der Waals surface area contributed by atoms with Crippen molar-refractivity contribution < 1.29 is 9.00 Å². The number of carbonyl (C=O) groups is 1. The molecule has 1 amide bonds. The Morgan fingerprint density at radius 3 is 2.21 bits per heavy atom. The summed E-state index contributed by atoms with van der Waals surface area (Å²) in [5.41, 5.74) is 5.43. The van der Waals surface area contributed by atoms with Crippen LogP contribution < -0.4 is 11.1 Å². The Balaban J connectivity index is 4.44. The van der Waals surface area contributed by atoms with E-state index in [-0.39, 0.29) is 11.2 Å². The molecule has 0 rings (SSSR count). The van der Waals surface area contributed by atoms with Crippen LogP contribution in [0, 0.1) is 5.41 Å². The lowest BCUT2D eigenvalue weighted by atomic mass is 9.78. The van der Waals surface area contributed by atoms with Gasteiger partial charge in [0.25, 0.3) is 0 Å². The minimum atomic E-state index is -0.831. The van der Waals surface area contributed by atoms with Gasteiger partial charge < -0.3 is 11.1 Å². The van der Waals surface area contributed by atoms with Gasteiger partial charge in [0.2, 0.25) is 5.91 Å². The van der Waals surface area contributed by atoms with Gasteiger partial charge in [-0.15, -0.1) is 0 Å². The van der Waals surface area contributed by atoms with Crippen molar-refractivity contribution in [1.82, 2.24) is 5.32 Å². The van der Waals surface area contributed by atoms with Gasteiger partial charge in [-0.2, -0.15) is 0 Å². The molecule has 3 N–H and O–H groups in total. The van der Waals surface area contributed by atoms with E-state index in [1.165, 1.54) is 0 Å². The normalized spacial score (nSPS) is 15.0. The molecular weight excluding hydrogens is 260 g/mol. The van der Waals surface area contributed by atoms with Crippen molar-refractivity contribution in [3.63, 3.8) is 0 Å². The van der Waals surface area contributed by atoms with E-state index in [0.717, 1.165) is 32.1 Å². The second kappa shape index (κ2) is 9.48. The Morgan fingerprint density at radius 1 is 1.32 bits per heavy atom. The number of amides is 1. The summed E-state index contributed by atoms with van der Waals surface area (Å²) < 4.78 is 11.3. The third kappa shape index (κ3) is 6.04. The molecule has 5 heteroatoms. The number of rotatable bonds is 10. The van der Waals surface area contributed by atoms with Crippen LogP contribution in [0.25, 0.3) is 0 Å². The van der Waals surface area contributed by atoms with Crippen molar-refractivity contribution in [3.8, 4) is 0 Å². The first-order valence-electron chi connectivity index (χ1n) is 7.24. The van der Waals surface area contributed by atoms with E-state index < -0.39 is 16.2 Å². The first kappa shape index (κ1) is 18.6. The number of carbonyl (C=O) groups excluding carboxylic acids is 1. The number of hydrogen-bond donors (Lipinski definition) is 2. The van der Waals surface area contributed by atoms with Gasteiger partial charge >= 0.3 is 0 Å². The van der Waals surface area contributed by atoms with Crippen LogP contribution in [0.4, 0.5) is 0 Å². The monoisotopic (exact) mass is 290 g/mol. The molecule has 4 nitrogen and oxygen atoms in total. The average Bonchev–Trinajstić information content (AvgIpc) is 2.37. The van der Waals surface area contributed by atoms with E-state index in [4.69, 9.17) is 5.73 Å². The van der Waals surface area contributed by atoms with Crippen LogP contribution in [0.2, 0.25) is 0 Å². The predicted molar refractivity (Wildman–Crippen MR) is 82.5 cm³/mol. The highest BCUT2D eigenvalue weighted by molar-refractivity contribution is 7.84. The summed E-state index contributed by atoms with van der Waals surface area (Å²) in [5.74, 6) is 0.0628. The first-order chi connectivity index (χ1) is 8.93. The molecule has 0 aromatic carbocycles. The molecule has 0 bridgehead atoms. The van der Waals surface area contributed by atoms with Gasteiger partial charge in [-0.1, -0.05) is 33.6 Å². The molecule has 0 fully saturated rings. The second-order valence-corrected chi connectivity index (χ2v) is 7.14. The smallest absolute Gasteiger partial charge is 0.227 e. The molecule has 114 valence electrons. The molecule has 0 spiro atoms. The van der Waals surface area contributed by atoms with Crippen LogP contribution in [0.5, 0.6) is 0 Å². The molecule has 0 saturated heterocycles. The fourth-order valence-electron chi connectivity index (χ4n) is 2.35. The van der Waals surface area contributed by atoms with Crippen molar-refractivity contribution in [1.29, 1.82) is 0 Å². The van der Waals surface area contributed by atoms with Gasteiger partial charge in [0.05, 0.1) is 5.41 Å². The molecule has 0 aliphatic carbocycles. The average molecular weight is 290 g/mol. The van der Waals surface area contributed by atoms with E-state index in [9.17, 15) is 9.00 Å².